The van der Waals surface area contributed by atoms with Crippen LogP contribution in [0.4, 0.5) is 0 Å². The van der Waals surface area contributed by atoms with Crippen molar-refractivity contribution in [1.82, 2.24) is 0 Å². The molecule has 0 aromatic heterocycles. The van der Waals surface area contributed by atoms with E-state index in [9.17, 15) is 0 Å². The summed E-state index contributed by atoms with van der Waals surface area (Å²) in [6, 6.07) is 0. The third-order valence-electron chi connectivity index (χ3n) is 0. The van der Waals surface area contributed by atoms with E-state index in [2.05, 4.69) is 0 Å². The number of carboxylic acid groups (broad SMARTS) is 2. The number of halogens is 1. The van der Waals surface area contributed by atoms with Crippen LogP contribution in [0.15, 0.2) is 0 Å². The summed E-state index contributed by atoms with van der Waals surface area (Å²) >= 11 is 0. The van der Waals surface area contributed by atoms with Crippen LogP contribution in [-0.2, 0) is 29.1 Å². The molecule has 56 valence electrons. The molecule has 0 saturated heterocycles. The van der Waals surface area contributed by atoms with Gasteiger partial charge in [0.05, 0.1) is 0 Å². The molecule has 0 N–H and O–H groups in total. The SMILES string of the molecule is CC(=O)[O-].CC(=O)[O-].[I-].[K+].[Zn+2]. The maximum absolute atomic E-state index is 8.89. The van der Waals surface area contributed by atoms with Gasteiger partial charge in [0.15, 0.2) is 0 Å². The van der Waals surface area contributed by atoms with Crippen molar-refractivity contribution in [3.63, 3.8) is 0 Å². The molecule has 0 aromatic carbocycles. The summed E-state index contributed by atoms with van der Waals surface area (Å²) in [5, 5.41) is 17.8. The number of hydrogen-bond acceptors (Lipinski definition) is 4. The maximum Gasteiger partial charge on any atom is 2.00 e. The minimum absolute atomic E-state index is 0. The van der Waals surface area contributed by atoms with Gasteiger partial charge in [-0.1, -0.05) is 0 Å². The number of carbonyl (C=O) groups is 2. The van der Waals surface area contributed by atoms with E-state index < -0.39 is 11.9 Å². The molecule has 0 rings (SSSR count). The van der Waals surface area contributed by atoms with Crippen LogP contribution in [0.1, 0.15) is 13.8 Å². The molecule has 0 amide bonds. The number of rotatable bonds is 0. The third-order valence-corrected chi connectivity index (χ3v) is 0. The van der Waals surface area contributed by atoms with E-state index >= 15 is 0 Å². The fraction of sp³-hybridized carbons (Fsp3) is 0.500. The standard InChI is InChI=1S/2C2H4O2.HI.K.Zn/c2*1-2(3)4;;;/h2*1H3,(H,3,4);1H;;/q;;;+1;+2/p-3. The molecule has 0 aliphatic carbocycles. The molecule has 11 heavy (non-hydrogen) atoms. The largest absolute Gasteiger partial charge is 2.00 e. The smallest absolute Gasteiger partial charge is 1.00 e. The van der Waals surface area contributed by atoms with Crippen molar-refractivity contribution in [3.8, 4) is 0 Å². The first-order chi connectivity index (χ1) is 3.46. The summed E-state index contributed by atoms with van der Waals surface area (Å²) in [7, 11) is 0. The van der Waals surface area contributed by atoms with E-state index in [1.54, 1.807) is 0 Å². The fourth-order valence-electron chi connectivity index (χ4n) is 0. The summed E-state index contributed by atoms with van der Waals surface area (Å²) < 4.78 is 0. The van der Waals surface area contributed by atoms with Crippen molar-refractivity contribution < 1.29 is 115 Å². The van der Waals surface area contributed by atoms with Gasteiger partial charge in [0.25, 0.3) is 0 Å². The minimum atomic E-state index is -1.08. The summed E-state index contributed by atoms with van der Waals surface area (Å²) in [6.45, 7) is 1.94. The molecule has 0 spiro atoms. The zero-order chi connectivity index (χ0) is 7.15. The molecule has 4 nitrogen and oxygen atoms in total. The molecule has 0 fully saturated rings. The van der Waals surface area contributed by atoms with Crippen molar-refractivity contribution in [2.24, 2.45) is 0 Å². The van der Waals surface area contributed by atoms with E-state index in [1.165, 1.54) is 0 Å². The van der Waals surface area contributed by atoms with Gasteiger partial charge < -0.3 is 43.8 Å². The quantitative estimate of drug-likeness (QED) is 0.321. The molecular formula is C4H6IKO4Zn. The molecular weight excluding hydrogens is 343 g/mol. The Morgan fingerprint density at radius 2 is 1.00 bits per heavy atom. The molecule has 0 saturated carbocycles. The van der Waals surface area contributed by atoms with Crippen LogP contribution >= 0.6 is 0 Å². The molecule has 0 heterocycles. The number of aliphatic carboxylic acids is 2. The Kier molecular flexibility index (Phi) is 60.3. The molecule has 0 atom stereocenters. The molecule has 0 bridgehead atoms. The molecule has 0 aliphatic heterocycles. The zero-order valence-electron chi connectivity index (χ0n) is 6.72. The fourth-order valence-corrected chi connectivity index (χ4v) is 0. The van der Waals surface area contributed by atoms with Gasteiger partial charge in [0, 0.05) is 11.9 Å². The second kappa shape index (κ2) is 22.7. The summed E-state index contributed by atoms with van der Waals surface area (Å²) in [6.07, 6.45) is 0. The van der Waals surface area contributed by atoms with Crippen molar-refractivity contribution in [2.75, 3.05) is 0 Å². The van der Waals surface area contributed by atoms with E-state index in [0.29, 0.717) is 0 Å². The van der Waals surface area contributed by atoms with Gasteiger partial charge in [-0.15, -0.1) is 0 Å². The Bertz CT molecular complexity index is 80.1. The number of carboxylic acids is 2. The Hall–Kier alpha value is 1.93. The minimum Gasteiger partial charge on any atom is -1.00 e. The van der Waals surface area contributed by atoms with Crippen LogP contribution in [0.2, 0.25) is 0 Å². The van der Waals surface area contributed by atoms with E-state index in [0.717, 1.165) is 13.8 Å². The van der Waals surface area contributed by atoms with Gasteiger partial charge in [-0.25, -0.2) is 0 Å². The van der Waals surface area contributed by atoms with E-state index in [1.807, 2.05) is 0 Å². The van der Waals surface area contributed by atoms with Crippen LogP contribution < -0.4 is 85.6 Å². The maximum atomic E-state index is 8.89. The van der Waals surface area contributed by atoms with Crippen LogP contribution in [0.3, 0.4) is 0 Å². The van der Waals surface area contributed by atoms with Crippen LogP contribution in [0.25, 0.3) is 0 Å². The predicted molar refractivity (Wildman–Crippen MR) is 21.4 cm³/mol. The Morgan fingerprint density at radius 3 is 1.00 bits per heavy atom. The monoisotopic (exact) mass is 348 g/mol. The summed E-state index contributed by atoms with van der Waals surface area (Å²) in [4.78, 5) is 17.8. The molecule has 0 aromatic rings. The second-order valence-corrected chi connectivity index (χ2v) is 0.983. The zero-order valence-corrected chi connectivity index (χ0v) is 15.0. The number of hydrogen-bond donors (Lipinski definition) is 0. The Morgan fingerprint density at radius 1 is 1.00 bits per heavy atom. The summed E-state index contributed by atoms with van der Waals surface area (Å²) in [5.74, 6) is -2.17. The van der Waals surface area contributed by atoms with Crippen molar-refractivity contribution >= 4 is 11.9 Å². The van der Waals surface area contributed by atoms with Gasteiger partial charge in [-0.3, -0.25) is 0 Å². The van der Waals surface area contributed by atoms with E-state index in [4.69, 9.17) is 19.8 Å². The normalized spacial score (nSPS) is 4.55. The summed E-state index contributed by atoms with van der Waals surface area (Å²) in [5.41, 5.74) is 0. The van der Waals surface area contributed by atoms with Crippen LogP contribution in [0.5, 0.6) is 0 Å². The van der Waals surface area contributed by atoms with Gasteiger partial charge in [-0.05, 0) is 13.8 Å². The first-order valence-electron chi connectivity index (χ1n) is 1.82. The molecule has 7 heteroatoms. The first-order valence-corrected chi connectivity index (χ1v) is 1.82. The number of carbonyl (C=O) groups excluding carboxylic acids is 2. The topological polar surface area (TPSA) is 80.3 Å². The average Bonchev–Trinajstić information content (AvgIpc) is 1.25. The average molecular weight is 349 g/mol. The third kappa shape index (κ3) is 316. The van der Waals surface area contributed by atoms with Gasteiger partial charge >= 0.3 is 70.9 Å². The Balaban J connectivity index is -0.0000000171. The second-order valence-electron chi connectivity index (χ2n) is 0.983. The van der Waals surface area contributed by atoms with E-state index in [-0.39, 0.29) is 94.8 Å². The van der Waals surface area contributed by atoms with Gasteiger partial charge in [0.1, 0.15) is 0 Å². The van der Waals surface area contributed by atoms with Crippen molar-refractivity contribution in [1.29, 1.82) is 0 Å². The predicted octanol–water partition coefficient (Wildman–Crippen LogP) is -8.48. The molecule has 0 unspecified atom stereocenters. The first kappa shape index (κ1) is 29.3. The van der Waals surface area contributed by atoms with Crippen LogP contribution in [0, 0.1) is 0 Å². The van der Waals surface area contributed by atoms with Crippen LogP contribution in [-0.4, -0.2) is 11.9 Å². The molecule has 0 aliphatic rings. The molecule has 0 radical (unpaired) electrons. The van der Waals surface area contributed by atoms with Gasteiger partial charge in [-0.2, -0.15) is 0 Å². The van der Waals surface area contributed by atoms with Crippen molar-refractivity contribution in [3.05, 3.63) is 0 Å². The van der Waals surface area contributed by atoms with Gasteiger partial charge in [0.2, 0.25) is 0 Å². The Labute approximate surface area is 138 Å². The van der Waals surface area contributed by atoms with Crippen molar-refractivity contribution in [2.45, 2.75) is 13.8 Å².